The number of fused-ring (bicyclic) bond motifs is 1. The maximum Gasteiger partial charge on any atom is 0.250 e. The molecule has 1 atom stereocenters. The van der Waals surface area contributed by atoms with E-state index in [0.29, 0.717) is 5.92 Å². The van der Waals surface area contributed by atoms with E-state index in [2.05, 4.69) is 10.6 Å². The van der Waals surface area contributed by atoms with E-state index in [-0.39, 0.29) is 5.91 Å². The van der Waals surface area contributed by atoms with E-state index in [0.717, 1.165) is 30.0 Å². The number of carbonyl (C=O) groups is 1. The second-order valence-electron chi connectivity index (χ2n) is 4.97. The summed E-state index contributed by atoms with van der Waals surface area (Å²) in [7, 11) is 1.64. The smallest absolute Gasteiger partial charge is 0.250 e. The number of hydrogen-bond donors (Lipinski definition) is 2. The molecule has 1 unspecified atom stereocenters. The van der Waals surface area contributed by atoms with E-state index in [1.165, 1.54) is 0 Å². The summed E-state index contributed by atoms with van der Waals surface area (Å²) in [4.78, 5) is 12.1. The van der Waals surface area contributed by atoms with Gasteiger partial charge in [0.15, 0.2) is 0 Å². The molecule has 1 heterocycles. The van der Waals surface area contributed by atoms with Gasteiger partial charge in [0.1, 0.15) is 11.3 Å². The van der Waals surface area contributed by atoms with Crippen molar-refractivity contribution in [1.29, 1.82) is 0 Å². The molecule has 2 N–H and O–H groups in total. The van der Waals surface area contributed by atoms with Crippen molar-refractivity contribution >= 4 is 17.3 Å². The molecule has 0 spiro atoms. The Hall–Kier alpha value is -1.71. The normalized spacial score (nSPS) is 26.8. The molecule has 1 aromatic carbocycles. The van der Waals surface area contributed by atoms with Crippen LogP contribution in [0.3, 0.4) is 0 Å². The summed E-state index contributed by atoms with van der Waals surface area (Å²) < 4.78 is 5.20. The Bertz CT molecular complexity index is 482. The maximum absolute atomic E-state index is 12.1. The number of benzene rings is 1. The van der Waals surface area contributed by atoms with Gasteiger partial charge in [0.05, 0.1) is 18.5 Å². The zero-order chi connectivity index (χ0) is 12.0. The number of anilines is 2. The van der Waals surface area contributed by atoms with Gasteiger partial charge in [-0.25, -0.2) is 0 Å². The number of rotatable bonds is 2. The van der Waals surface area contributed by atoms with Gasteiger partial charge in [0.2, 0.25) is 5.91 Å². The third kappa shape index (κ3) is 1.55. The first kappa shape index (κ1) is 10.4. The fourth-order valence-corrected chi connectivity index (χ4v) is 2.40. The van der Waals surface area contributed by atoms with Gasteiger partial charge in [-0.3, -0.25) is 4.79 Å². The minimum absolute atomic E-state index is 0.0673. The van der Waals surface area contributed by atoms with Gasteiger partial charge in [-0.2, -0.15) is 0 Å². The third-order valence-electron chi connectivity index (χ3n) is 3.73. The monoisotopic (exact) mass is 232 g/mol. The van der Waals surface area contributed by atoms with E-state index in [1.807, 2.05) is 25.1 Å². The third-order valence-corrected chi connectivity index (χ3v) is 3.73. The molecule has 1 fully saturated rings. The lowest BCUT2D eigenvalue weighted by Gasteiger charge is -2.36. The molecule has 4 nitrogen and oxygen atoms in total. The van der Waals surface area contributed by atoms with Gasteiger partial charge in [-0.05, 0) is 37.8 Å². The van der Waals surface area contributed by atoms with Crippen LogP contribution < -0.4 is 15.4 Å². The SMILES string of the molecule is COc1ccc2c(c1)NC(C)(C1CC1)C(=O)N2. The van der Waals surface area contributed by atoms with Crippen LogP contribution in [0.2, 0.25) is 0 Å². The van der Waals surface area contributed by atoms with Crippen molar-refractivity contribution in [3.63, 3.8) is 0 Å². The molecular formula is C13H16N2O2. The maximum atomic E-state index is 12.1. The Morgan fingerprint density at radius 1 is 1.35 bits per heavy atom. The predicted octanol–water partition coefficient (Wildman–Crippen LogP) is 2.23. The zero-order valence-electron chi connectivity index (χ0n) is 10.0. The molecule has 1 amide bonds. The van der Waals surface area contributed by atoms with Crippen molar-refractivity contribution in [2.75, 3.05) is 17.7 Å². The summed E-state index contributed by atoms with van der Waals surface area (Å²) in [6, 6.07) is 5.64. The molecule has 1 aliphatic heterocycles. The molecule has 2 aliphatic rings. The molecule has 90 valence electrons. The quantitative estimate of drug-likeness (QED) is 0.822. The van der Waals surface area contributed by atoms with Crippen LogP contribution in [-0.2, 0) is 4.79 Å². The van der Waals surface area contributed by atoms with Gasteiger partial charge < -0.3 is 15.4 Å². The first-order valence-corrected chi connectivity index (χ1v) is 5.91. The highest BCUT2D eigenvalue weighted by molar-refractivity contribution is 6.06. The molecular weight excluding hydrogens is 216 g/mol. The molecule has 0 saturated heterocycles. The molecule has 0 bridgehead atoms. The van der Waals surface area contributed by atoms with Crippen LogP contribution in [0.4, 0.5) is 11.4 Å². The van der Waals surface area contributed by atoms with Crippen LogP contribution in [0, 0.1) is 5.92 Å². The van der Waals surface area contributed by atoms with E-state index >= 15 is 0 Å². The Kier molecular flexibility index (Phi) is 2.08. The van der Waals surface area contributed by atoms with Crippen molar-refractivity contribution in [2.24, 2.45) is 5.92 Å². The first-order valence-electron chi connectivity index (χ1n) is 5.91. The van der Waals surface area contributed by atoms with Gasteiger partial charge in [0, 0.05) is 6.07 Å². The number of carbonyl (C=O) groups excluding carboxylic acids is 1. The van der Waals surface area contributed by atoms with Gasteiger partial charge in [-0.1, -0.05) is 0 Å². The molecule has 1 aromatic rings. The lowest BCUT2D eigenvalue weighted by atomic mass is 9.91. The molecule has 3 rings (SSSR count). The summed E-state index contributed by atoms with van der Waals surface area (Å²) in [6.45, 7) is 1.97. The van der Waals surface area contributed by atoms with Crippen LogP contribution in [0.15, 0.2) is 18.2 Å². The molecule has 0 radical (unpaired) electrons. The summed E-state index contributed by atoms with van der Waals surface area (Å²) in [6.07, 6.45) is 2.24. The standard InChI is InChI=1S/C13H16N2O2/c1-13(8-3-4-8)12(16)14-10-6-5-9(17-2)7-11(10)15-13/h5-8,15H,3-4H2,1-2H3,(H,14,16). The van der Waals surface area contributed by atoms with Crippen molar-refractivity contribution in [2.45, 2.75) is 25.3 Å². The minimum atomic E-state index is -0.473. The van der Waals surface area contributed by atoms with Gasteiger partial charge >= 0.3 is 0 Å². The number of nitrogens with one attached hydrogen (secondary N) is 2. The molecule has 4 heteroatoms. The summed E-state index contributed by atoms with van der Waals surface area (Å²) in [5.41, 5.74) is 1.30. The number of ether oxygens (including phenoxy) is 1. The van der Waals surface area contributed by atoms with E-state index < -0.39 is 5.54 Å². The summed E-state index contributed by atoms with van der Waals surface area (Å²) >= 11 is 0. The second-order valence-corrected chi connectivity index (χ2v) is 4.97. The lowest BCUT2D eigenvalue weighted by Crippen LogP contribution is -2.51. The molecule has 0 aromatic heterocycles. The topological polar surface area (TPSA) is 50.4 Å². The fourth-order valence-electron chi connectivity index (χ4n) is 2.40. The first-order chi connectivity index (χ1) is 8.13. The van der Waals surface area contributed by atoms with Crippen LogP contribution in [-0.4, -0.2) is 18.6 Å². The van der Waals surface area contributed by atoms with Gasteiger partial charge in [0.25, 0.3) is 0 Å². The van der Waals surface area contributed by atoms with Crippen LogP contribution in [0.5, 0.6) is 5.75 Å². The lowest BCUT2D eigenvalue weighted by molar-refractivity contribution is -0.120. The Morgan fingerprint density at radius 3 is 2.76 bits per heavy atom. The van der Waals surface area contributed by atoms with Crippen molar-refractivity contribution in [3.05, 3.63) is 18.2 Å². The Morgan fingerprint density at radius 2 is 2.12 bits per heavy atom. The Labute approximate surface area is 100 Å². The number of hydrogen-bond acceptors (Lipinski definition) is 3. The predicted molar refractivity (Wildman–Crippen MR) is 66.4 cm³/mol. The number of methoxy groups -OCH3 is 1. The van der Waals surface area contributed by atoms with Crippen molar-refractivity contribution in [3.8, 4) is 5.75 Å². The largest absolute Gasteiger partial charge is 0.497 e. The summed E-state index contributed by atoms with van der Waals surface area (Å²) in [5, 5.41) is 6.33. The minimum Gasteiger partial charge on any atom is -0.497 e. The molecule has 1 saturated carbocycles. The fraction of sp³-hybridized carbons (Fsp3) is 0.462. The van der Waals surface area contributed by atoms with E-state index in [9.17, 15) is 4.79 Å². The van der Waals surface area contributed by atoms with Crippen molar-refractivity contribution in [1.82, 2.24) is 0 Å². The van der Waals surface area contributed by atoms with E-state index in [1.54, 1.807) is 7.11 Å². The average molecular weight is 232 g/mol. The van der Waals surface area contributed by atoms with Crippen LogP contribution >= 0.6 is 0 Å². The van der Waals surface area contributed by atoms with E-state index in [4.69, 9.17) is 4.74 Å². The molecule has 17 heavy (non-hydrogen) atoms. The van der Waals surface area contributed by atoms with Crippen LogP contribution in [0.1, 0.15) is 19.8 Å². The number of amides is 1. The zero-order valence-corrected chi connectivity index (χ0v) is 10.0. The Balaban J connectivity index is 1.99. The van der Waals surface area contributed by atoms with Crippen molar-refractivity contribution < 1.29 is 9.53 Å². The average Bonchev–Trinajstić information content (AvgIpc) is 3.14. The molecule has 1 aliphatic carbocycles. The second kappa shape index (κ2) is 3.39. The van der Waals surface area contributed by atoms with Crippen LogP contribution in [0.25, 0.3) is 0 Å². The highest BCUT2D eigenvalue weighted by Gasteiger charge is 2.49. The highest BCUT2D eigenvalue weighted by atomic mass is 16.5. The highest BCUT2D eigenvalue weighted by Crippen LogP contribution is 2.45. The van der Waals surface area contributed by atoms with Gasteiger partial charge in [-0.15, -0.1) is 0 Å². The summed E-state index contributed by atoms with van der Waals surface area (Å²) in [5.74, 6) is 1.31.